The van der Waals surface area contributed by atoms with Gasteiger partial charge in [0.05, 0.1) is 5.71 Å². The standard InChI is InChI=1S/C12H14FN3/c1-2-8-7-11(14)15-16-12(8)9-4-3-5-10(13)6-9/h3-6,8H,2,7H2,1H3,(H2,14,15). The van der Waals surface area contributed by atoms with Crippen molar-refractivity contribution in [2.75, 3.05) is 0 Å². The van der Waals surface area contributed by atoms with Gasteiger partial charge in [-0.25, -0.2) is 4.39 Å². The molecule has 0 aromatic heterocycles. The van der Waals surface area contributed by atoms with Crippen LogP contribution in [-0.4, -0.2) is 11.5 Å². The van der Waals surface area contributed by atoms with Gasteiger partial charge in [-0.15, -0.1) is 5.10 Å². The summed E-state index contributed by atoms with van der Waals surface area (Å²) >= 11 is 0. The SMILES string of the molecule is CCC1CC(N)=NN=C1c1cccc(F)c1. The molecule has 0 radical (unpaired) electrons. The van der Waals surface area contributed by atoms with Crippen molar-refractivity contribution < 1.29 is 4.39 Å². The third-order valence-electron chi connectivity index (χ3n) is 2.74. The van der Waals surface area contributed by atoms with E-state index in [1.807, 2.05) is 6.07 Å². The van der Waals surface area contributed by atoms with E-state index in [1.165, 1.54) is 12.1 Å². The van der Waals surface area contributed by atoms with Gasteiger partial charge < -0.3 is 5.73 Å². The molecule has 84 valence electrons. The fourth-order valence-corrected chi connectivity index (χ4v) is 1.87. The lowest BCUT2D eigenvalue weighted by Crippen LogP contribution is -2.26. The Balaban J connectivity index is 2.38. The van der Waals surface area contributed by atoms with Crippen LogP contribution < -0.4 is 5.73 Å². The van der Waals surface area contributed by atoms with Crippen LogP contribution in [-0.2, 0) is 0 Å². The zero-order chi connectivity index (χ0) is 11.5. The second-order valence-electron chi connectivity index (χ2n) is 3.90. The van der Waals surface area contributed by atoms with Crippen molar-refractivity contribution in [2.24, 2.45) is 21.9 Å². The summed E-state index contributed by atoms with van der Waals surface area (Å²) in [5, 5.41) is 7.96. The second-order valence-corrected chi connectivity index (χ2v) is 3.90. The number of hydrogen-bond donors (Lipinski definition) is 1. The lowest BCUT2D eigenvalue weighted by atomic mass is 9.90. The summed E-state index contributed by atoms with van der Waals surface area (Å²) in [7, 11) is 0. The number of nitrogens with two attached hydrogens (primary N) is 1. The Kier molecular flexibility index (Phi) is 2.99. The normalized spacial score (nSPS) is 20.2. The molecular formula is C12H14FN3. The summed E-state index contributed by atoms with van der Waals surface area (Å²) in [6.45, 7) is 2.07. The Morgan fingerprint density at radius 1 is 1.44 bits per heavy atom. The van der Waals surface area contributed by atoms with Gasteiger partial charge in [0.2, 0.25) is 0 Å². The molecule has 2 rings (SSSR count). The van der Waals surface area contributed by atoms with Gasteiger partial charge in [0, 0.05) is 17.9 Å². The molecule has 0 saturated heterocycles. The predicted octanol–water partition coefficient (Wildman–Crippen LogP) is 2.32. The largest absolute Gasteiger partial charge is 0.386 e. The van der Waals surface area contributed by atoms with Crippen molar-refractivity contribution >= 4 is 11.5 Å². The van der Waals surface area contributed by atoms with E-state index >= 15 is 0 Å². The number of halogens is 1. The number of benzene rings is 1. The first-order valence-corrected chi connectivity index (χ1v) is 5.36. The fraction of sp³-hybridized carbons (Fsp3) is 0.333. The molecule has 1 aromatic rings. The van der Waals surface area contributed by atoms with E-state index in [4.69, 9.17) is 5.73 Å². The van der Waals surface area contributed by atoms with Gasteiger partial charge in [0.25, 0.3) is 0 Å². The molecule has 1 aliphatic rings. The van der Waals surface area contributed by atoms with E-state index in [0.29, 0.717) is 12.3 Å². The minimum atomic E-state index is -0.252. The molecule has 1 heterocycles. The summed E-state index contributed by atoms with van der Waals surface area (Å²) in [5.41, 5.74) is 7.26. The highest BCUT2D eigenvalue weighted by molar-refractivity contribution is 6.05. The summed E-state index contributed by atoms with van der Waals surface area (Å²) in [6.07, 6.45) is 1.62. The monoisotopic (exact) mass is 219 g/mol. The van der Waals surface area contributed by atoms with E-state index < -0.39 is 0 Å². The van der Waals surface area contributed by atoms with Gasteiger partial charge in [0.15, 0.2) is 0 Å². The molecule has 2 N–H and O–H groups in total. The molecule has 1 aromatic carbocycles. The molecule has 0 aliphatic carbocycles. The second kappa shape index (κ2) is 4.43. The highest BCUT2D eigenvalue weighted by Gasteiger charge is 2.21. The molecule has 1 atom stereocenters. The van der Waals surface area contributed by atoms with Crippen molar-refractivity contribution in [1.82, 2.24) is 0 Å². The minimum absolute atomic E-state index is 0.235. The molecule has 1 aliphatic heterocycles. The van der Waals surface area contributed by atoms with E-state index in [1.54, 1.807) is 6.07 Å². The van der Waals surface area contributed by atoms with E-state index in [2.05, 4.69) is 17.1 Å². The van der Waals surface area contributed by atoms with Gasteiger partial charge in [0.1, 0.15) is 11.7 Å². The maximum absolute atomic E-state index is 13.1. The van der Waals surface area contributed by atoms with Gasteiger partial charge in [-0.05, 0) is 18.6 Å². The Labute approximate surface area is 93.9 Å². The van der Waals surface area contributed by atoms with Crippen molar-refractivity contribution in [3.05, 3.63) is 35.6 Å². The minimum Gasteiger partial charge on any atom is -0.386 e. The number of rotatable bonds is 2. The summed E-state index contributed by atoms with van der Waals surface area (Å²) < 4.78 is 13.1. The molecule has 1 unspecified atom stereocenters. The number of hydrogen-bond acceptors (Lipinski definition) is 3. The third kappa shape index (κ3) is 2.10. The van der Waals surface area contributed by atoms with Crippen LogP contribution in [0.15, 0.2) is 34.5 Å². The first kappa shape index (κ1) is 10.8. The number of amidine groups is 1. The summed E-state index contributed by atoms with van der Waals surface area (Å²) in [6, 6.07) is 6.44. The Morgan fingerprint density at radius 2 is 2.25 bits per heavy atom. The average molecular weight is 219 g/mol. The average Bonchev–Trinajstić information content (AvgIpc) is 2.28. The van der Waals surface area contributed by atoms with Crippen LogP contribution in [0, 0.1) is 11.7 Å². The Hall–Kier alpha value is -1.71. The van der Waals surface area contributed by atoms with Crippen molar-refractivity contribution in [1.29, 1.82) is 0 Å². The zero-order valence-corrected chi connectivity index (χ0v) is 9.15. The van der Waals surface area contributed by atoms with Gasteiger partial charge >= 0.3 is 0 Å². The molecule has 0 bridgehead atoms. The molecule has 0 amide bonds. The molecular weight excluding hydrogens is 205 g/mol. The van der Waals surface area contributed by atoms with Crippen LogP contribution in [0.2, 0.25) is 0 Å². The van der Waals surface area contributed by atoms with Crippen molar-refractivity contribution in [3.63, 3.8) is 0 Å². The molecule has 16 heavy (non-hydrogen) atoms. The van der Waals surface area contributed by atoms with Crippen LogP contribution in [0.4, 0.5) is 4.39 Å². The highest BCUT2D eigenvalue weighted by atomic mass is 19.1. The van der Waals surface area contributed by atoms with Crippen LogP contribution in [0.5, 0.6) is 0 Å². The van der Waals surface area contributed by atoms with Crippen LogP contribution in [0.3, 0.4) is 0 Å². The fourth-order valence-electron chi connectivity index (χ4n) is 1.87. The molecule has 4 heteroatoms. The molecule has 3 nitrogen and oxygen atoms in total. The Morgan fingerprint density at radius 3 is 2.94 bits per heavy atom. The first-order chi connectivity index (χ1) is 7.70. The van der Waals surface area contributed by atoms with Crippen molar-refractivity contribution in [2.45, 2.75) is 19.8 Å². The molecule has 0 saturated carbocycles. The van der Waals surface area contributed by atoms with E-state index in [9.17, 15) is 4.39 Å². The zero-order valence-electron chi connectivity index (χ0n) is 9.15. The number of nitrogens with zero attached hydrogens (tertiary/aromatic N) is 2. The van der Waals surface area contributed by atoms with Gasteiger partial charge in [-0.1, -0.05) is 19.1 Å². The van der Waals surface area contributed by atoms with Crippen LogP contribution in [0.25, 0.3) is 0 Å². The smallest absolute Gasteiger partial charge is 0.123 e. The van der Waals surface area contributed by atoms with E-state index in [0.717, 1.165) is 17.7 Å². The van der Waals surface area contributed by atoms with Crippen LogP contribution in [0.1, 0.15) is 25.3 Å². The maximum atomic E-state index is 13.1. The Bertz CT molecular complexity index is 451. The van der Waals surface area contributed by atoms with Crippen LogP contribution >= 0.6 is 0 Å². The van der Waals surface area contributed by atoms with Crippen molar-refractivity contribution in [3.8, 4) is 0 Å². The molecule has 0 fully saturated rings. The predicted molar refractivity (Wildman–Crippen MR) is 63.0 cm³/mol. The van der Waals surface area contributed by atoms with E-state index in [-0.39, 0.29) is 11.7 Å². The summed E-state index contributed by atoms with van der Waals surface area (Å²) in [4.78, 5) is 0. The lowest BCUT2D eigenvalue weighted by Gasteiger charge is -2.19. The van der Waals surface area contributed by atoms with Gasteiger partial charge in [-0.3, -0.25) is 0 Å². The highest BCUT2D eigenvalue weighted by Crippen LogP contribution is 2.21. The quantitative estimate of drug-likeness (QED) is 0.815. The lowest BCUT2D eigenvalue weighted by molar-refractivity contribution is 0.626. The van der Waals surface area contributed by atoms with Gasteiger partial charge in [-0.2, -0.15) is 5.10 Å². The molecule has 0 spiro atoms. The maximum Gasteiger partial charge on any atom is 0.123 e. The first-order valence-electron chi connectivity index (χ1n) is 5.36. The third-order valence-corrected chi connectivity index (χ3v) is 2.74. The topological polar surface area (TPSA) is 50.7 Å². The summed E-state index contributed by atoms with van der Waals surface area (Å²) in [5.74, 6) is 0.531.